The quantitative estimate of drug-likeness (QED) is 0.423. The van der Waals surface area contributed by atoms with Crippen LogP contribution in [0.4, 0.5) is 22.0 Å². The molecule has 2 atom stereocenters. The Morgan fingerprint density at radius 1 is 1.00 bits per heavy atom. The summed E-state index contributed by atoms with van der Waals surface area (Å²) in [6, 6.07) is 8.82. The number of anilines is 3. The van der Waals surface area contributed by atoms with E-state index in [0.29, 0.717) is 22.9 Å². The minimum Gasteiger partial charge on any atom is -0.362 e. The number of hydrogen-bond acceptors (Lipinski definition) is 5. The van der Waals surface area contributed by atoms with Crippen molar-refractivity contribution in [1.82, 2.24) is 15.3 Å². The van der Waals surface area contributed by atoms with E-state index in [2.05, 4.69) is 40.3 Å². The van der Waals surface area contributed by atoms with Gasteiger partial charge in [-0.15, -0.1) is 0 Å². The number of hydrogen-bond donors (Lipinski definition) is 2. The predicted molar refractivity (Wildman–Crippen MR) is 142 cm³/mol. The van der Waals surface area contributed by atoms with Crippen molar-refractivity contribution in [2.24, 2.45) is 11.8 Å². The molecule has 2 aromatic rings. The molecule has 0 spiro atoms. The summed E-state index contributed by atoms with van der Waals surface area (Å²) < 4.78 is 13.1. The molecule has 0 saturated carbocycles. The SMILES string of the molecule is C[C@H]1C[C@H](C)CN(c2cc(N3CCCCC3)nc(NC(=S)NCCCc3ccc(F)cc3)n2)C1. The highest BCUT2D eigenvalue weighted by atomic mass is 32.1. The first-order valence-electron chi connectivity index (χ1n) is 12.6. The molecule has 4 rings (SSSR count). The number of halogens is 1. The van der Waals surface area contributed by atoms with Gasteiger partial charge in [-0.1, -0.05) is 26.0 Å². The second-order valence-electron chi connectivity index (χ2n) is 9.92. The Kier molecular flexibility index (Phi) is 8.53. The topological polar surface area (TPSA) is 56.3 Å². The van der Waals surface area contributed by atoms with Crippen molar-refractivity contribution < 1.29 is 4.39 Å². The fourth-order valence-electron chi connectivity index (χ4n) is 5.07. The van der Waals surface area contributed by atoms with Gasteiger partial charge in [0.2, 0.25) is 5.95 Å². The van der Waals surface area contributed by atoms with Crippen LogP contribution in [-0.2, 0) is 6.42 Å². The van der Waals surface area contributed by atoms with Gasteiger partial charge < -0.3 is 20.4 Å². The molecule has 0 aliphatic carbocycles. The van der Waals surface area contributed by atoms with Crippen molar-refractivity contribution in [3.05, 3.63) is 41.7 Å². The first kappa shape index (κ1) is 24.6. The molecule has 6 nitrogen and oxygen atoms in total. The molecule has 8 heteroatoms. The van der Waals surface area contributed by atoms with Gasteiger partial charge in [0.25, 0.3) is 0 Å². The molecule has 2 aliphatic rings. The third-order valence-corrected chi connectivity index (χ3v) is 6.88. The zero-order valence-electron chi connectivity index (χ0n) is 20.4. The van der Waals surface area contributed by atoms with Crippen LogP contribution in [-0.4, -0.2) is 47.8 Å². The second-order valence-corrected chi connectivity index (χ2v) is 10.3. The van der Waals surface area contributed by atoms with Crippen molar-refractivity contribution in [2.45, 2.75) is 52.4 Å². The fourth-order valence-corrected chi connectivity index (χ4v) is 5.26. The minimum atomic E-state index is -0.202. The van der Waals surface area contributed by atoms with Crippen molar-refractivity contribution >= 4 is 34.9 Å². The van der Waals surface area contributed by atoms with Gasteiger partial charge in [0.1, 0.15) is 17.5 Å². The number of benzene rings is 1. The summed E-state index contributed by atoms with van der Waals surface area (Å²) in [5, 5.41) is 7.02. The Labute approximate surface area is 208 Å². The molecular weight excluding hydrogens is 447 g/mol. The summed E-state index contributed by atoms with van der Waals surface area (Å²) in [6.07, 6.45) is 6.72. The van der Waals surface area contributed by atoms with Gasteiger partial charge in [-0.3, -0.25) is 0 Å². The molecule has 0 unspecified atom stereocenters. The van der Waals surface area contributed by atoms with Crippen LogP contribution >= 0.6 is 12.2 Å². The Morgan fingerprint density at radius 3 is 2.32 bits per heavy atom. The molecule has 1 aromatic heterocycles. The van der Waals surface area contributed by atoms with Crippen LogP contribution in [0.2, 0.25) is 0 Å². The Bertz CT molecular complexity index is 937. The molecule has 184 valence electrons. The first-order valence-corrected chi connectivity index (χ1v) is 13.1. The summed E-state index contributed by atoms with van der Waals surface area (Å²) in [6.45, 7) is 9.48. The van der Waals surface area contributed by atoms with Gasteiger partial charge in [-0.05, 0) is 80.3 Å². The summed E-state index contributed by atoms with van der Waals surface area (Å²) in [5.74, 6) is 3.62. The zero-order chi connectivity index (χ0) is 23.9. The molecule has 3 heterocycles. The highest BCUT2D eigenvalue weighted by Gasteiger charge is 2.25. The van der Waals surface area contributed by atoms with Crippen LogP contribution in [0.5, 0.6) is 0 Å². The smallest absolute Gasteiger partial charge is 0.232 e. The summed E-state index contributed by atoms with van der Waals surface area (Å²) >= 11 is 5.54. The van der Waals surface area contributed by atoms with Crippen LogP contribution in [0, 0.1) is 17.7 Å². The molecule has 1 aromatic carbocycles. The summed E-state index contributed by atoms with van der Waals surface area (Å²) in [4.78, 5) is 14.5. The number of nitrogens with zero attached hydrogens (tertiary/aromatic N) is 4. The highest BCUT2D eigenvalue weighted by molar-refractivity contribution is 7.80. The van der Waals surface area contributed by atoms with Gasteiger partial charge in [-0.25, -0.2) is 4.39 Å². The number of rotatable bonds is 7. The standard InChI is InChI=1S/C26H37FN6S/c1-19-15-20(2)18-33(17-19)24-16-23(32-13-4-3-5-14-32)29-25(30-24)31-26(34)28-12-6-7-21-8-10-22(27)11-9-21/h8-11,16,19-20H,3-7,12-15,17-18H2,1-2H3,(H2,28,29,30,31,34)/t19-,20-/m0/s1. The first-order chi connectivity index (χ1) is 16.5. The molecule has 2 aliphatic heterocycles. The van der Waals surface area contributed by atoms with Gasteiger partial charge in [0.05, 0.1) is 0 Å². The molecule has 34 heavy (non-hydrogen) atoms. The van der Waals surface area contributed by atoms with E-state index >= 15 is 0 Å². The van der Waals surface area contributed by atoms with E-state index in [-0.39, 0.29) is 5.82 Å². The Hall–Kier alpha value is -2.48. The van der Waals surface area contributed by atoms with Crippen LogP contribution in [0.3, 0.4) is 0 Å². The van der Waals surface area contributed by atoms with Crippen LogP contribution in [0.25, 0.3) is 0 Å². The third-order valence-electron chi connectivity index (χ3n) is 6.64. The van der Waals surface area contributed by atoms with E-state index in [1.807, 2.05) is 12.1 Å². The lowest BCUT2D eigenvalue weighted by atomic mass is 9.92. The van der Waals surface area contributed by atoms with Gasteiger partial charge >= 0.3 is 0 Å². The largest absolute Gasteiger partial charge is 0.362 e. The molecule has 2 saturated heterocycles. The molecule has 0 radical (unpaired) electrons. The van der Waals surface area contributed by atoms with Gasteiger partial charge in [0, 0.05) is 38.8 Å². The Morgan fingerprint density at radius 2 is 1.65 bits per heavy atom. The fraction of sp³-hybridized carbons (Fsp3) is 0.577. The van der Waals surface area contributed by atoms with E-state index < -0.39 is 0 Å². The molecule has 0 bridgehead atoms. The second kappa shape index (κ2) is 11.8. The summed E-state index contributed by atoms with van der Waals surface area (Å²) in [5.41, 5.74) is 1.12. The van der Waals surface area contributed by atoms with E-state index in [1.54, 1.807) is 0 Å². The molecule has 2 fully saturated rings. The highest BCUT2D eigenvalue weighted by Crippen LogP contribution is 2.29. The number of aromatic nitrogens is 2. The number of thiocarbonyl (C=S) groups is 1. The zero-order valence-corrected chi connectivity index (χ0v) is 21.2. The monoisotopic (exact) mass is 484 g/mol. The van der Waals surface area contributed by atoms with E-state index in [4.69, 9.17) is 22.2 Å². The maximum Gasteiger partial charge on any atom is 0.232 e. The van der Waals surface area contributed by atoms with Crippen molar-refractivity contribution in [3.63, 3.8) is 0 Å². The Balaban J connectivity index is 1.39. The van der Waals surface area contributed by atoms with E-state index in [9.17, 15) is 4.39 Å². The average Bonchev–Trinajstić information content (AvgIpc) is 2.83. The summed E-state index contributed by atoms with van der Waals surface area (Å²) in [7, 11) is 0. The van der Waals surface area contributed by atoms with E-state index in [0.717, 1.165) is 62.8 Å². The third kappa shape index (κ3) is 7.01. The van der Waals surface area contributed by atoms with Crippen molar-refractivity contribution in [3.8, 4) is 0 Å². The van der Waals surface area contributed by atoms with Gasteiger partial charge in [-0.2, -0.15) is 9.97 Å². The maximum atomic E-state index is 13.1. The number of piperidine rings is 2. The minimum absolute atomic E-state index is 0.202. The molecular formula is C26H37FN6S. The van der Waals surface area contributed by atoms with Crippen LogP contribution < -0.4 is 20.4 Å². The van der Waals surface area contributed by atoms with Gasteiger partial charge in [0.15, 0.2) is 5.11 Å². The molecule has 0 amide bonds. The van der Waals surface area contributed by atoms with Crippen LogP contribution in [0.1, 0.15) is 51.5 Å². The maximum absolute atomic E-state index is 13.1. The normalized spacial score (nSPS) is 20.8. The number of aryl methyl sites for hydroxylation is 1. The van der Waals surface area contributed by atoms with Crippen LogP contribution in [0.15, 0.2) is 30.3 Å². The lowest BCUT2D eigenvalue weighted by Crippen LogP contribution is -2.40. The van der Waals surface area contributed by atoms with E-state index in [1.165, 1.54) is 37.8 Å². The lowest BCUT2D eigenvalue weighted by Gasteiger charge is -2.36. The predicted octanol–water partition coefficient (Wildman–Crippen LogP) is 5.01. The van der Waals surface area contributed by atoms with Crippen molar-refractivity contribution in [1.29, 1.82) is 0 Å². The van der Waals surface area contributed by atoms with Crippen molar-refractivity contribution in [2.75, 3.05) is 47.8 Å². The average molecular weight is 485 g/mol. The lowest BCUT2D eigenvalue weighted by molar-refractivity contribution is 0.355. The molecule has 2 N–H and O–H groups in total. The number of nitrogens with one attached hydrogen (secondary N) is 2.